The number of para-hydroxylation sites is 3. The molecule has 5 aromatic rings. The van der Waals surface area contributed by atoms with E-state index in [-0.39, 0.29) is 17.4 Å². The molecule has 2 heterocycles. The van der Waals surface area contributed by atoms with Crippen molar-refractivity contribution in [2.24, 2.45) is 0 Å². The number of hydrazine groups is 1. The van der Waals surface area contributed by atoms with Crippen molar-refractivity contribution >= 4 is 22.6 Å². The molecule has 7 nitrogen and oxygen atoms in total. The van der Waals surface area contributed by atoms with Crippen molar-refractivity contribution in [3.05, 3.63) is 103 Å². The lowest BCUT2D eigenvalue weighted by molar-refractivity contribution is 0.0959. The zero-order valence-electron chi connectivity index (χ0n) is 16.9. The Balaban J connectivity index is 1.59. The number of phenols is 1. The zero-order chi connectivity index (χ0) is 21.9. The maximum absolute atomic E-state index is 13.0. The summed E-state index contributed by atoms with van der Waals surface area (Å²) in [5.41, 5.74) is 9.07. The predicted octanol–water partition coefficient (Wildman–Crippen LogP) is 4.55. The Hall–Kier alpha value is -4.65. The molecule has 2 aromatic heterocycles. The van der Waals surface area contributed by atoms with Crippen LogP contribution in [0.5, 0.6) is 5.75 Å². The number of carbonyl (C=O) groups excluding carboxylic acids is 1. The molecule has 3 N–H and O–H groups in total. The quantitative estimate of drug-likeness (QED) is 0.362. The van der Waals surface area contributed by atoms with Gasteiger partial charge in [0.15, 0.2) is 11.3 Å². The smallest absolute Gasteiger partial charge is 0.290 e. The van der Waals surface area contributed by atoms with Gasteiger partial charge in [0.25, 0.3) is 5.91 Å². The number of carbonyl (C=O) groups is 1. The average molecular weight is 421 g/mol. The lowest BCUT2D eigenvalue weighted by Gasteiger charge is -2.07. The summed E-state index contributed by atoms with van der Waals surface area (Å²) in [6.45, 7) is 0. The number of aromatic nitrogens is 3. The number of aromatic hydroxyl groups is 1. The fraction of sp³-hybridized carbons (Fsp3) is 0. The maximum atomic E-state index is 13.0. The molecule has 0 atom stereocenters. The summed E-state index contributed by atoms with van der Waals surface area (Å²) in [7, 11) is 0. The van der Waals surface area contributed by atoms with Gasteiger partial charge in [0, 0.05) is 5.56 Å². The number of amides is 1. The number of fused-ring (bicyclic) bond motifs is 1. The lowest BCUT2D eigenvalue weighted by Crippen LogP contribution is -2.29. The van der Waals surface area contributed by atoms with Gasteiger partial charge in [-0.25, -0.2) is 9.67 Å². The highest BCUT2D eigenvalue weighted by Gasteiger charge is 2.20. The minimum atomic E-state index is -0.384. The summed E-state index contributed by atoms with van der Waals surface area (Å²) in [6.07, 6.45) is 0. The summed E-state index contributed by atoms with van der Waals surface area (Å²) in [6, 6.07) is 29.4. The van der Waals surface area contributed by atoms with Crippen LogP contribution in [0.3, 0.4) is 0 Å². The van der Waals surface area contributed by atoms with Gasteiger partial charge in [0.2, 0.25) is 0 Å². The third kappa shape index (κ3) is 3.63. The van der Waals surface area contributed by atoms with Gasteiger partial charge in [-0.3, -0.25) is 15.6 Å². The van der Waals surface area contributed by atoms with Gasteiger partial charge >= 0.3 is 0 Å². The van der Waals surface area contributed by atoms with Crippen molar-refractivity contribution in [2.75, 3.05) is 5.43 Å². The van der Waals surface area contributed by atoms with E-state index < -0.39 is 0 Å². The van der Waals surface area contributed by atoms with Crippen LogP contribution in [0.4, 0.5) is 5.69 Å². The van der Waals surface area contributed by atoms with Crippen molar-refractivity contribution in [1.82, 2.24) is 20.2 Å². The van der Waals surface area contributed by atoms with E-state index in [0.717, 1.165) is 11.4 Å². The molecule has 0 saturated heterocycles. The van der Waals surface area contributed by atoms with Gasteiger partial charge in [-0.05, 0) is 48.5 Å². The van der Waals surface area contributed by atoms with Gasteiger partial charge in [-0.2, -0.15) is 5.10 Å². The number of hydrogen-bond acceptors (Lipinski definition) is 5. The molecule has 0 unspecified atom stereocenters. The zero-order valence-corrected chi connectivity index (χ0v) is 16.9. The Bertz CT molecular complexity index is 1400. The van der Waals surface area contributed by atoms with E-state index in [2.05, 4.69) is 16.0 Å². The third-order valence-corrected chi connectivity index (χ3v) is 5.02. The highest BCUT2D eigenvalue weighted by Crippen LogP contribution is 2.30. The first-order chi connectivity index (χ1) is 15.7. The molecule has 1 amide bonds. The number of nitrogens with one attached hydrogen (secondary N) is 2. The molecule has 0 spiro atoms. The first kappa shape index (κ1) is 19.3. The molecule has 0 bridgehead atoms. The van der Waals surface area contributed by atoms with Gasteiger partial charge in [-0.1, -0.05) is 48.5 Å². The highest BCUT2D eigenvalue weighted by molar-refractivity contribution is 6.05. The van der Waals surface area contributed by atoms with Crippen molar-refractivity contribution < 1.29 is 9.90 Å². The fourth-order valence-corrected chi connectivity index (χ4v) is 3.46. The highest BCUT2D eigenvalue weighted by atomic mass is 16.3. The summed E-state index contributed by atoms with van der Waals surface area (Å²) < 4.78 is 1.64. The minimum Gasteiger partial charge on any atom is -0.507 e. The summed E-state index contributed by atoms with van der Waals surface area (Å²) in [5.74, 6) is -0.249. The Morgan fingerprint density at radius 3 is 2.25 bits per heavy atom. The van der Waals surface area contributed by atoms with Crippen LogP contribution < -0.4 is 10.9 Å². The van der Waals surface area contributed by atoms with Gasteiger partial charge in [0.1, 0.15) is 5.75 Å². The molecular weight excluding hydrogens is 402 g/mol. The average Bonchev–Trinajstić information content (AvgIpc) is 3.23. The monoisotopic (exact) mass is 421 g/mol. The van der Waals surface area contributed by atoms with E-state index in [4.69, 9.17) is 4.98 Å². The van der Waals surface area contributed by atoms with Crippen LogP contribution in [0.15, 0.2) is 97.1 Å². The van der Waals surface area contributed by atoms with E-state index in [0.29, 0.717) is 22.3 Å². The first-order valence-electron chi connectivity index (χ1n) is 10.1. The van der Waals surface area contributed by atoms with Crippen LogP contribution in [0.25, 0.3) is 28.0 Å². The number of pyridine rings is 1. The summed E-state index contributed by atoms with van der Waals surface area (Å²) in [5, 5.41) is 15.4. The van der Waals surface area contributed by atoms with Crippen molar-refractivity contribution in [2.45, 2.75) is 0 Å². The topological polar surface area (TPSA) is 92.1 Å². The van der Waals surface area contributed by atoms with Crippen molar-refractivity contribution in [3.63, 3.8) is 0 Å². The lowest BCUT2D eigenvalue weighted by atomic mass is 10.1. The van der Waals surface area contributed by atoms with Crippen LogP contribution in [-0.2, 0) is 0 Å². The Morgan fingerprint density at radius 2 is 1.50 bits per heavy atom. The Labute approximate surface area is 184 Å². The minimum absolute atomic E-state index is 0.134. The van der Waals surface area contributed by atoms with E-state index >= 15 is 0 Å². The normalized spacial score (nSPS) is 10.8. The van der Waals surface area contributed by atoms with Gasteiger partial charge < -0.3 is 5.11 Å². The molecule has 0 aliphatic carbocycles. The molecule has 32 heavy (non-hydrogen) atoms. The number of benzene rings is 3. The Morgan fingerprint density at radius 1 is 0.812 bits per heavy atom. The van der Waals surface area contributed by atoms with Gasteiger partial charge in [0.05, 0.1) is 22.5 Å². The second-order valence-corrected chi connectivity index (χ2v) is 7.13. The number of rotatable bonds is 5. The molecule has 0 aliphatic rings. The van der Waals surface area contributed by atoms with E-state index in [9.17, 15) is 9.90 Å². The Kier molecular flexibility index (Phi) is 4.97. The first-order valence-corrected chi connectivity index (χ1v) is 10.1. The predicted molar refractivity (Wildman–Crippen MR) is 123 cm³/mol. The molecular formula is C25H19N5O2. The van der Waals surface area contributed by atoms with Crippen LogP contribution in [-0.4, -0.2) is 25.8 Å². The largest absolute Gasteiger partial charge is 0.507 e. The van der Waals surface area contributed by atoms with Crippen LogP contribution >= 0.6 is 0 Å². The van der Waals surface area contributed by atoms with E-state index in [1.807, 2.05) is 66.7 Å². The number of phenolic OH excluding ortho intramolecular Hbond substituents is 1. The molecule has 0 aliphatic heterocycles. The van der Waals surface area contributed by atoms with Crippen LogP contribution in [0.2, 0.25) is 0 Å². The van der Waals surface area contributed by atoms with E-state index in [1.54, 1.807) is 35.0 Å². The van der Waals surface area contributed by atoms with Crippen LogP contribution in [0, 0.1) is 0 Å². The molecule has 0 saturated carbocycles. The molecule has 5 rings (SSSR count). The third-order valence-electron chi connectivity index (χ3n) is 5.02. The number of hydrogen-bond donors (Lipinski definition) is 3. The molecule has 0 radical (unpaired) electrons. The second-order valence-electron chi connectivity index (χ2n) is 7.13. The molecule has 0 fully saturated rings. The summed E-state index contributed by atoms with van der Waals surface area (Å²) in [4.78, 5) is 17.7. The maximum Gasteiger partial charge on any atom is 0.290 e. The SMILES string of the molecule is O=C(NNc1ccccc1)c1nn(-c2ccccc2)c2nc(-c3ccccc3O)ccc12. The van der Waals surface area contributed by atoms with E-state index in [1.165, 1.54) is 0 Å². The number of anilines is 1. The van der Waals surface area contributed by atoms with Crippen molar-refractivity contribution in [3.8, 4) is 22.7 Å². The standard InChI is InChI=1S/C25H19N5O2/c31-22-14-8-7-13-19(22)21-16-15-20-23(25(32)28-27-17-9-3-1-4-10-17)29-30(24(20)26-21)18-11-5-2-6-12-18/h1-16,27,31H,(H,28,32). The summed E-state index contributed by atoms with van der Waals surface area (Å²) >= 11 is 0. The second kappa shape index (κ2) is 8.23. The van der Waals surface area contributed by atoms with Crippen LogP contribution in [0.1, 0.15) is 10.5 Å². The number of nitrogens with zero attached hydrogens (tertiary/aromatic N) is 3. The molecule has 3 aromatic carbocycles. The molecule has 7 heteroatoms. The van der Waals surface area contributed by atoms with Crippen molar-refractivity contribution in [1.29, 1.82) is 0 Å². The van der Waals surface area contributed by atoms with Gasteiger partial charge in [-0.15, -0.1) is 0 Å². The molecule has 156 valence electrons. The fourth-order valence-electron chi connectivity index (χ4n) is 3.46.